The maximum absolute atomic E-state index is 15.8. The average molecular weight is 544 g/mol. The first-order chi connectivity index (χ1) is 18.3. The van der Waals surface area contributed by atoms with Gasteiger partial charge in [0, 0.05) is 61.6 Å². The number of phenolic OH excluding ortho intramolecular Hbond substituents is 1. The number of carbonyl (C=O) groups is 4. The molecular formula is C27H30FN3O8. The van der Waals surface area contributed by atoms with Crippen LogP contribution in [0.3, 0.4) is 0 Å². The molecule has 7 N–H and O–H groups in total. The van der Waals surface area contributed by atoms with Gasteiger partial charge in [0.25, 0.3) is 5.91 Å². The molecule has 3 aliphatic carbocycles. The molecule has 208 valence electrons. The van der Waals surface area contributed by atoms with E-state index in [1.807, 2.05) is 4.90 Å². The number of phenols is 1. The van der Waals surface area contributed by atoms with Crippen molar-refractivity contribution in [2.45, 2.75) is 57.2 Å². The molecule has 3 atom stereocenters. The van der Waals surface area contributed by atoms with Crippen LogP contribution in [0.4, 0.5) is 4.39 Å². The van der Waals surface area contributed by atoms with Gasteiger partial charge < -0.3 is 31.5 Å². The van der Waals surface area contributed by atoms with Crippen LogP contribution >= 0.6 is 0 Å². The van der Waals surface area contributed by atoms with Crippen LogP contribution < -0.4 is 11.1 Å². The summed E-state index contributed by atoms with van der Waals surface area (Å²) in [6.45, 7) is 2.85. The van der Waals surface area contributed by atoms with Gasteiger partial charge in [0.1, 0.15) is 28.7 Å². The molecule has 1 aromatic carbocycles. The number of piperidine rings is 1. The Bertz CT molecular complexity index is 1380. The number of hydrogen-bond acceptors (Lipinski definition) is 9. The molecule has 0 radical (unpaired) electrons. The summed E-state index contributed by atoms with van der Waals surface area (Å²) < 4.78 is 15.8. The molecule has 1 aliphatic heterocycles. The zero-order valence-corrected chi connectivity index (χ0v) is 21.3. The highest BCUT2D eigenvalue weighted by atomic mass is 19.1. The molecule has 4 aliphatic rings. The minimum absolute atomic E-state index is 0.0161. The van der Waals surface area contributed by atoms with Gasteiger partial charge in [-0.3, -0.25) is 24.1 Å². The fourth-order valence-corrected chi connectivity index (χ4v) is 6.60. The maximum atomic E-state index is 15.8. The Morgan fingerprint density at radius 2 is 1.85 bits per heavy atom. The van der Waals surface area contributed by atoms with E-state index in [9.17, 15) is 39.6 Å². The summed E-state index contributed by atoms with van der Waals surface area (Å²) in [6.07, 6.45) is 0.786. The zero-order valence-electron chi connectivity index (χ0n) is 21.3. The van der Waals surface area contributed by atoms with Crippen molar-refractivity contribution in [3.63, 3.8) is 0 Å². The molecule has 1 unspecified atom stereocenters. The first-order valence-corrected chi connectivity index (χ1v) is 12.8. The first kappa shape index (κ1) is 26.8. The molecular weight excluding hydrogens is 513 g/mol. The molecule has 2 amide bonds. The lowest BCUT2D eigenvalue weighted by Crippen LogP contribution is -2.58. The number of halogens is 1. The number of amides is 2. The van der Waals surface area contributed by atoms with Crippen LogP contribution in [-0.4, -0.2) is 73.4 Å². The standard InChI is InChI=1S/C27H30FN3O8/c1-11(32)30-15-2-4-31(5-3-15)10-13-8-17(33)20-16(22(13)28)7-12-6-14-9-18(34)21(26(29)38)25(37)27(14,39)24(36)19(12)23(20)35/h8,12,14-15,33,35,37,39H,2-7,9-10H2,1H3,(H2,29,38)(H,30,32)/t12?,14-,27-/m0/s1. The van der Waals surface area contributed by atoms with Gasteiger partial charge in [-0.15, -0.1) is 0 Å². The van der Waals surface area contributed by atoms with Crippen LogP contribution in [0.2, 0.25) is 0 Å². The number of benzene rings is 1. The summed E-state index contributed by atoms with van der Waals surface area (Å²) in [5.41, 5.74) is 1.30. The third-order valence-corrected chi connectivity index (χ3v) is 8.46. The second-order valence-corrected chi connectivity index (χ2v) is 10.9. The molecule has 0 bridgehead atoms. The minimum Gasteiger partial charge on any atom is -0.508 e. The number of fused-ring (bicyclic) bond motifs is 3. The molecule has 1 heterocycles. The number of Topliss-reactive ketones (excluding diaryl/α,β-unsaturated/α-hetero) is 2. The van der Waals surface area contributed by atoms with Crippen molar-refractivity contribution in [2.24, 2.45) is 17.6 Å². The third-order valence-electron chi connectivity index (χ3n) is 8.46. The van der Waals surface area contributed by atoms with Gasteiger partial charge in [0.15, 0.2) is 11.4 Å². The Labute approximate surface area is 222 Å². The lowest BCUT2D eigenvalue weighted by Gasteiger charge is -2.46. The maximum Gasteiger partial charge on any atom is 0.255 e. The van der Waals surface area contributed by atoms with E-state index in [4.69, 9.17) is 5.73 Å². The van der Waals surface area contributed by atoms with Crippen LogP contribution in [0.1, 0.15) is 49.3 Å². The summed E-state index contributed by atoms with van der Waals surface area (Å²) in [5, 5.41) is 46.6. The number of primary amides is 1. The second-order valence-electron chi connectivity index (χ2n) is 10.9. The Hall–Kier alpha value is -3.77. The summed E-state index contributed by atoms with van der Waals surface area (Å²) in [4.78, 5) is 51.0. The van der Waals surface area contributed by atoms with E-state index in [-0.39, 0.29) is 53.6 Å². The monoisotopic (exact) mass is 543 g/mol. The van der Waals surface area contributed by atoms with Crippen LogP contribution in [0.5, 0.6) is 5.75 Å². The molecule has 12 heteroatoms. The van der Waals surface area contributed by atoms with E-state index in [1.54, 1.807) is 0 Å². The highest BCUT2D eigenvalue weighted by Gasteiger charge is 2.60. The Kier molecular flexibility index (Phi) is 6.50. The van der Waals surface area contributed by atoms with Crippen LogP contribution in [-0.2, 0) is 32.1 Å². The zero-order chi connectivity index (χ0) is 28.4. The van der Waals surface area contributed by atoms with Gasteiger partial charge >= 0.3 is 0 Å². The van der Waals surface area contributed by atoms with Gasteiger partial charge in [-0.25, -0.2) is 4.39 Å². The predicted octanol–water partition coefficient (Wildman–Crippen LogP) is 0.664. The average Bonchev–Trinajstić information content (AvgIpc) is 2.85. The number of rotatable bonds is 4. The smallest absolute Gasteiger partial charge is 0.255 e. The fraction of sp³-hybridized carbons (Fsp3) is 0.481. The first-order valence-electron chi connectivity index (χ1n) is 12.8. The van der Waals surface area contributed by atoms with E-state index >= 15 is 4.39 Å². The van der Waals surface area contributed by atoms with Crippen molar-refractivity contribution < 1.29 is 44.0 Å². The fourth-order valence-electron chi connectivity index (χ4n) is 6.60. The second kappa shape index (κ2) is 9.45. The van der Waals surface area contributed by atoms with Crippen LogP contribution in [0.25, 0.3) is 5.76 Å². The number of aromatic hydroxyl groups is 1. The topological polar surface area (TPSA) is 190 Å². The van der Waals surface area contributed by atoms with Crippen molar-refractivity contribution in [2.75, 3.05) is 13.1 Å². The van der Waals surface area contributed by atoms with E-state index in [1.165, 1.54) is 13.0 Å². The van der Waals surface area contributed by atoms with Crippen molar-refractivity contribution in [3.05, 3.63) is 45.5 Å². The van der Waals surface area contributed by atoms with Gasteiger partial charge in [-0.2, -0.15) is 0 Å². The van der Waals surface area contributed by atoms with Gasteiger partial charge in [-0.05, 0) is 37.7 Å². The van der Waals surface area contributed by atoms with Crippen molar-refractivity contribution in [1.82, 2.24) is 10.2 Å². The largest absolute Gasteiger partial charge is 0.508 e. The Balaban J connectivity index is 1.48. The number of ketones is 2. The molecule has 1 saturated heterocycles. The number of aliphatic hydroxyl groups is 3. The molecule has 11 nitrogen and oxygen atoms in total. The van der Waals surface area contributed by atoms with Crippen molar-refractivity contribution >= 4 is 29.1 Å². The quantitative estimate of drug-likeness (QED) is 0.296. The van der Waals surface area contributed by atoms with Gasteiger partial charge in [0.2, 0.25) is 11.7 Å². The normalized spacial score (nSPS) is 27.7. The van der Waals surface area contributed by atoms with Crippen molar-refractivity contribution in [1.29, 1.82) is 0 Å². The predicted molar refractivity (Wildman–Crippen MR) is 133 cm³/mol. The van der Waals surface area contributed by atoms with E-state index in [0.29, 0.717) is 25.9 Å². The van der Waals surface area contributed by atoms with E-state index in [0.717, 1.165) is 0 Å². The van der Waals surface area contributed by atoms with Gasteiger partial charge in [0.05, 0.1) is 5.56 Å². The highest BCUT2D eigenvalue weighted by Crippen LogP contribution is 2.52. The van der Waals surface area contributed by atoms with Gasteiger partial charge in [-0.1, -0.05) is 0 Å². The van der Waals surface area contributed by atoms with Crippen LogP contribution in [0.15, 0.2) is 23.0 Å². The number of hydrogen-bond donors (Lipinski definition) is 6. The summed E-state index contributed by atoms with van der Waals surface area (Å²) in [5.74, 6) is -8.22. The molecule has 2 fully saturated rings. The molecule has 0 aromatic heterocycles. The molecule has 0 spiro atoms. The molecule has 39 heavy (non-hydrogen) atoms. The highest BCUT2D eigenvalue weighted by molar-refractivity contribution is 6.22. The number of nitrogens with zero attached hydrogens (tertiary/aromatic N) is 1. The lowest BCUT2D eigenvalue weighted by molar-refractivity contribution is -0.147. The van der Waals surface area contributed by atoms with Crippen LogP contribution in [0, 0.1) is 17.7 Å². The van der Waals surface area contributed by atoms with Crippen molar-refractivity contribution in [3.8, 4) is 5.75 Å². The number of likely N-dealkylation sites (tertiary alicyclic amines) is 1. The summed E-state index contributed by atoms with van der Waals surface area (Å²) in [6, 6.07) is 1.24. The number of carbonyl (C=O) groups excluding carboxylic acids is 4. The Morgan fingerprint density at radius 3 is 2.46 bits per heavy atom. The SMILES string of the molecule is CC(=O)NC1CCN(Cc2cc(O)c3c(c2F)CC2C[C@H]4CC(=O)C(C(N)=O)=C(O)[C@@]4(O)C(=O)C2=C3O)CC1. The summed E-state index contributed by atoms with van der Waals surface area (Å²) >= 11 is 0. The number of nitrogens with two attached hydrogens (primary N) is 1. The minimum atomic E-state index is -2.66. The van der Waals surface area contributed by atoms with E-state index < -0.39 is 70.0 Å². The number of nitrogens with one attached hydrogen (secondary N) is 1. The molecule has 5 rings (SSSR count). The third kappa shape index (κ3) is 4.18. The number of aliphatic hydroxyl groups excluding tert-OH is 2. The van der Waals surface area contributed by atoms with E-state index in [2.05, 4.69) is 5.32 Å². The Morgan fingerprint density at radius 1 is 1.18 bits per heavy atom. The summed E-state index contributed by atoms with van der Waals surface area (Å²) in [7, 11) is 0. The molecule has 1 saturated carbocycles. The molecule has 1 aromatic rings. The lowest BCUT2D eigenvalue weighted by atomic mass is 9.59.